The van der Waals surface area contributed by atoms with E-state index in [1.165, 1.54) is 0 Å². The summed E-state index contributed by atoms with van der Waals surface area (Å²) in [6.07, 6.45) is 0. The Hall–Kier alpha value is -1.10. The third kappa shape index (κ3) is 3.51. The largest absolute Gasteiger partial charge is 0.395 e. The molecule has 0 heterocycles. The number of aliphatic hydroxyl groups excluding tert-OH is 3. The number of nitrogens with zero attached hydrogens (tertiary/aromatic N) is 1. The van der Waals surface area contributed by atoms with E-state index in [1.807, 2.05) is 29.2 Å². The average molecular weight is 211 g/mol. The summed E-state index contributed by atoms with van der Waals surface area (Å²) < 4.78 is 0. The van der Waals surface area contributed by atoms with Crippen molar-refractivity contribution >= 4 is 5.69 Å². The number of hydrogen-bond donors (Lipinski definition) is 3. The van der Waals surface area contributed by atoms with Gasteiger partial charge in [0.2, 0.25) is 0 Å². The van der Waals surface area contributed by atoms with Crippen molar-refractivity contribution in [2.24, 2.45) is 0 Å². The summed E-state index contributed by atoms with van der Waals surface area (Å²) in [5.74, 6) is 0. The molecule has 0 fully saturated rings. The lowest BCUT2D eigenvalue weighted by atomic mass is 10.2. The Bertz CT molecular complexity index is 268. The van der Waals surface area contributed by atoms with Gasteiger partial charge in [-0.15, -0.1) is 0 Å². The van der Waals surface area contributed by atoms with Gasteiger partial charge in [-0.2, -0.15) is 0 Å². The fourth-order valence-electron chi connectivity index (χ4n) is 1.42. The van der Waals surface area contributed by atoms with Gasteiger partial charge in [-0.1, -0.05) is 12.1 Å². The highest BCUT2D eigenvalue weighted by molar-refractivity contribution is 5.47. The number of rotatable bonds is 6. The normalized spacial score (nSPS) is 10.3. The van der Waals surface area contributed by atoms with Crippen LogP contribution in [0.3, 0.4) is 0 Å². The Morgan fingerprint density at radius 1 is 0.867 bits per heavy atom. The number of anilines is 1. The van der Waals surface area contributed by atoms with Crippen molar-refractivity contribution in [1.82, 2.24) is 0 Å². The first-order valence-electron chi connectivity index (χ1n) is 4.98. The minimum atomic E-state index is 0.0281. The van der Waals surface area contributed by atoms with Crippen LogP contribution in [0, 0.1) is 0 Å². The Balaban J connectivity index is 2.72. The van der Waals surface area contributed by atoms with E-state index in [4.69, 9.17) is 15.3 Å². The van der Waals surface area contributed by atoms with Gasteiger partial charge in [0.1, 0.15) is 0 Å². The maximum Gasteiger partial charge on any atom is 0.0681 e. The van der Waals surface area contributed by atoms with Crippen LogP contribution in [0.4, 0.5) is 5.69 Å². The van der Waals surface area contributed by atoms with Gasteiger partial charge in [0, 0.05) is 18.8 Å². The van der Waals surface area contributed by atoms with E-state index < -0.39 is 0 Å². The van der Waals surface area contributed by atoms with E-state index >= 15 is 0 Å². The predicted octanol–water partition coefficient (Wildman–Crippen LogP) is -0.0301. The molecule has 0 bridgehead atoms. The highest BCUT2D eigenvalue weighted by atomic mass is 16.3. The van der Waals surface area contributed by atoms with E-state index in [2.05, 4.69) is 0 Å². The molecule has 0 aliphatic rings. The monoisotopic (exact) mass is 211 g/mol. The third-order valence-corrected chi connectivity index (χ3v) is 2.22. The molecule has 0 aromatic heterocycles. The third-order valence-electron chi connectivity index (χ3n) is 2.22. The van der Waals surface area contributed by atoms with Crippen molar-refractivity contribution in [1.29, 1.82) is 0 Å². The summed E-state index contributed by atoms with van der Waals surface area (Å²) in [6.45, 7) is 1.14. The minimum Gasteiger partial charge on any atom is -0.395 e. The molecule has 1 aromatic rings. The standard InChI is InChI=1S/C11H17NO3/c13-7-5-12(6-8-14)11-3-1-10(9-15)2-4-11/h1-4,13-15H,5-9H2. The van der Waals surface area contributed by atoms with Gasteiger partial charge in [0.25, 0.3) is 0 Å². The zero-order valence-corrected chi connectivity index (χ0v) is 8.63. The highest BCUT2D eigenvalue weighted by Crippen LogP contribution is 2.14. The van der Waals surface area contributed by atoms with Crippen LogP contribution in [-0.4, -0.2) is 41.6 Å². The van der Waals surface area contributed by atoms with Crippen LogP contribution in [0.1, 0.15) is 5.56 Å². The maximum atomic E-state index is 8.88. The Labute approximate surface area is 89.4 Å². The van der Waals surface area contributed by atoms with Crippen molar-refractivity contribution in [3.05, 3.63) is 29.8 Å². The molecule has 0 saturated carbocycles. The molecule has 0 amide bonds. The molecule has 15 heavy (non-hydrogen) atoms. The van der Waals surface area contributed by atoms with Crippen LogP contribution in [0.25, 0.3) is 0 Å². The molecule has 0 saturated heterocycles. The van der Waals surface area contributed by atoms with Crippen molar-refractivity contribution in [3.8, 4) is 0 Å². The van der Waals surface area contributed by atoms with Crippen LogP contribution < -0.4 is 4.90 Å². The summed E-state index contributed by atoms with van der Waals surface area (Å²) in [7, 11) is 0. The van der Waals surface area contributed by atoms with E-state index in [9.17, 15) is 0 Å². The molecule has 0 spiro atoms. The van der Waals surface area contributed by atoms with Crippen LogP contribution >= 0.6 is 0 Å². The molecule has 4 nitrogen and oxygen atoms in total. The van der Waals surface area contributed by atoms with E-state index in [-0.39, 0.29) is 19.8 Å². The molecule has 0 atom stereocenters. The molecule has 0 radical (unpaired) electrons. The Morgan fingerprint density at radius 2 is 1.40 bits per heavy atom. The van der Waals surface area contributed by atoms with Crippen molar-refractivity contribution in [3.63, 3.8) is 0 Å². The fraction of sp³-hybridized carbons (Fsp3) is 0.455. The molecular formula is C11H17NO3. The second kappa shape index (κ2) is 6.40. The van der Waals surface area contributed by atoms with E-state index in [1.54, 1.807) is 0 Å². The average Bonchev–Trinajstić information content (AvgIpc) is 2.29. The quantitative estimate of drug-likeness (QED) is 0.618. The molecule has 1 rings (SSSR count). The number of hydrogen-bond acceptors (Lipinski definition) is 4. The predicted molar refractivity (Wildman–Crippen MR) is 58.7 cm³/mol. The Kier molecular flexibility index (Phi) is 5.10. The zero-order valence-electron chi connectivity index (χ0n) is 8.63. The first kappa shape index (κ1) is 12.0. The summed E-state index contributed by atoms with van der Waals surface area (Å²) in [6, 6.07) is 7.40. The molecule has 0 aliphatic carbocycles. The van der Waals surface area contributed by atoms with Crippen LogP contribution in [0.2, 0.25) is 0 Å². The van der Waals surface area contributed by atoms with Crippen molar-refractivity contribution < 1.29 is 15.3 Å². The van der Waals surface area contributed by atoms with Gasteiger partial charge in [-0.25, -0.2) is 0 Å². The van der Waals surface area contributed by atoms with Crippen molar-refractivity contribution in [2.75, 3.05) is 31.2 Å². The van der Waals surface area contributed by atoms with Crippen LogP contribution in [0.15, 0.2) is 24.3 Å². The maximum absolute atomic E-state index is 8.88. The SMILES string of the molecule is OCCN(CCO)c1ccc(CO)cc1. The molecule has 4 heteroatoms. The summed E-state index contributed by atoms with van der Waals surface area (Å²) in [5, 5.41) is 26.6. The van der Waals surface area contributed by atoms with Crippen LogP contribution in [-0.2, 0) is 6.61 Å². The number of benzene rings is 1. The molecule has 3 N–H and O–H groups in total. The minimum absolute atomic E-state index is 0.0281. The number of aliphatic hydroxyl groups is 3. The topological polar surface area (TPSA) is 63.9 Å². The van der Waals surface area contributed by atoms with Crippen molar-refractivity contribution in [2.45, 2.75) is 6.61 Å². The fourth-order valence-corrected chi connectivity index (χ4v) is 1.42. The van der Waals surface area contributed by atoms with E-state index in [0.29, 0.717) is 13.1 Å². The van der Waals surface area contributed by atoms with Gasteiger partial charge in [0.05, 0.1) is 19.8 Å². The van der Waals surface area contributed by atoms with Gasteiger partial charge in [-0.05, 0) is 17.7 Å². The van der Waals surface area contributed by atoms with Gasteiger partial charge in [-0.3, -0.25) is 0 Å². The molecule has 0 unspecified atom stereocenters. The highest BCUT2D eigenvalue weighted by Gasteiger charge is 2.04. The van der Waals surface area contributed by atoms with Gasteiger partial charge < -0.3 is 20.2 Å². The lowest BCUT2D eigenvalue weighted by Gasteiger charge is -2.22. The van der Waals surface area contributed by atoms with Gasteiger partial charge in [0.15, 0.2) is 0 Å². The first-order valence-corrected chi connectivity index (χ1v) is 4.98. The summed E-state index contributed by atoms with van der Waals surface area (Å²) >= 11 is 0. The smallest absolute Gasteiger partial charge is 0.0681 e. The van der Waals surface area contributed by atoms with Crippen LogP contribution in [0.5, 0.6) is 0 Å². The molecule has 1 aromatic carbocycles. The molecule has 0 aliphatic heterocycles. The summed E-state index contributed by atoms with van der Waals surface area (Å²) in [5.41, 5.74) is 1.79. The molecule has 84 valence electrons. The first-order chi connectivity index (χ1) is 7.31. The Morgan fingerprint density at radius 3 is 1.80 bits per heavy atom. The second-order valence-electron chi connectivity index (χ2n) is 3.26. The summed E-state index contributed by atoms with van der Waals surface area (Å²) in [4.78, 5) is 1.89. The van der Waals surface area contributed by atoms with Gasteiger partial charge >= 0.3 is 0 Å². The zero-order chi connectivity index (χ0) is 11.1. The van der Waals surface area contributed by atoms with E-state index in [0.717, 1.165) is 11.3 Å². The molecular weight excluding hydrogens is 194 g/mol. The lowest BCUT2D eigenvalue weighted by molar-refractivity contribution is 0.280. The second-order valence-corrected chi connectivity index (χ2v) is 3.26. The lowest BCUT2D eigenvalue weighted by Crippen LogP contribution is -2.29.